The summed E-state index contributed by atoms with van der Waals surface area (Å²) >= 11 is 0. The molecule has 4 heteroatoms. The minimum absolute atomic E-state index is 0.957. The molecular weight excluding hydrogens is 392 g/mol. The molecule has 4 nitrogen and oxygen atoms in total. The Balaban J connectivity index is 1.77. The summed E-state index contributed by atoms with van der Waals surface area (Å²) in [6.45, 7) is 0. The summed E-state index contributed by atoms with van der Waals surface area (Å²) in [5, 5.41) is 4.67. The number of hydrogen-bond donors (Lipinski definition) is 0. The predicted molar refractivity (Wildman–Crippen MR) is 131 cm³/mol. The Morgan fingerprint density at radius 2 is 1.06 bits per heavy atom. The molecule has 0 aliphatic carbocycles. The van der Waals surface area contributed by atoms with Crippen LogP contribution in [0.25, 0.3) is 55.2 Å². The molecule has 0 saturated carbocycles. The maximum Gasteiger partial charge on any atom is 0.145 e. The summed E-state index contributed by atoms with van der Waals surface area (Å²) in [6, 6.07) is 33.7. The van der Waals surface area contributed by atoms with Gasteiger partial charge in [0.1, 0.15) is 11.3 Å². The Morgan fingerprint density at radius 1 is 0.469 bits per heavy atom. The zero-order chi connectivity index (χ0) is 21.1. The Kier molecular flexibility index (Phi) is 3.52. The van der Waals surface area contributed by atoms with Crippen molar-refractivity contribution in [1.82, 2.24) is 19.1 Å². The molecule has 150 valence electrons. The molecule has 3 aromatic carbocycles. The molecular formula is C28H18N4. The van der Waals surface area contributed by atoms with Gasteiger partial charge in [-0.2, -0.15) is 0 Å². The molecule has 0 aliphatic heterocycles. The van der Waals surface area contributed by atoms with E-state index < -0.39 is 0 Å². The van der Waals surface area contributed by atoms with Gasteiger partial charge in [0.2, 0.25) is 0 Å². The molecule has 0 amide bonds. The molecule has 7 rings (SSSR count). The van der Waals surface area contributed by atoms with Gasteiger partial charge >= 0.3 is 0 Å². The smallest absolute Gasteiger partial charge is 0.145 e. The fourth-order valence-corrected chi connectivity index (χ4v) is 4.92. The summed E-state index contributed by atoms with van der Waals surface area (Å²) in [4.78, 5) is 9.58. The van der Waals surface area contributed by atoms with Crippen LogP contribution in [0.4, 0.5) is 0 Å². The van der Waals surface area contributed by atoms with Crippen molar-refractivity contribution < 1.29 is 0 Å². The second-order valence-corrected chi connectivity index (χ2v) is 7.95. The van der Waals surface area contributed by atoms with E-state index in [0.29, 0.717) is 0 Å². The van der Waals surface area contributed by atoms with Crippen molar-refractivity contribution in [3.05, 3.63) is 109 Å². The Hall–Kier alpha value is -4.44. The van der Waals surface area contributed by atoms with Crippen LogP contribution in [-0.2, 0) is 0 Å². The molecule has 0 saturated heterocycles. The fourth-order valence-electron chi connectivity index (χ4n) is 4.92. The third kappa shape index (κ3) is 2.26. The Bertz CT molecular complexity index is 1760. The van der Waals surface area contributed by atoms with E-state index in [-0.39, 0.29) is 0 Å². The van der Waals surface area contributed by atoms with Crippen LogP contribution in [0.3, 0.4) is 0 Å². The van der Waals surface area contributed by atoms with Crippen LogP contribution in [0.2, 0.25) is 0 Å². The first-order valence-electron chi connectivity index (χ1n) is 10.7. The number of nitrogens with zero attached hydrogens (tertiary/aromatic N) is 4. The molecule has 0 fully saturated rings. The lowest BCUT2D eigenvalue weighted by Gasteiger charge is -2.09. The normalized spacial score (nSPS) is 11.8. The van der Waals surface area contributed by atoms with Gasteiger partial charge in [-0.3, -0.25) is 9.13 Å². The number of rotatable bonds is 2. The van der Waals surface area contributed by atoms with Crippen LogP contribution in [-0.4, -0.2) is 19.1 Å². The van der Waals surface area contributed by atoms with Crippen molar-refractivity contribution in [1.29, 1.82) is 0 Å². The van der Waals surface area contributed by atoms with Gasteiger partial charge in [0.15, 0.2) is 0 Å². The molecule has 4 aromatic heterocycles. The molecule has 0 bridgehead atoms. The van der Waals surface area contributed by atoms with Gasteiger partial charge in [-0.05, 0) is 60.7 Å². The topological polar surface area (TPSA) is 35.6 Å². The monoisotopic (exact) mass is 410 g/mol. The highest BCUT2D eigenvalue weighted by Crippen LogP contribution is 2.40. The van der Waals surface area contributed by atoms with Crippen LogP contribution >= 0.6 is 0 Å². The van der Waals surface area contributed by atoms with E-state index in [9.17, 15) is 0 Å². The van der Waals surface area contributed by atoms with Gasteiger partial charge in [0, 0.05) is 45.3 Å². The minimum atomic E-state index is 0.957. The van der Waals surface area contributed by atoms with Crippen LogP contribution in [0.15, 0.2) is 109 Å². The van der Waals surface area contributed by atoms with Crippen molar-refractivity contribution in [3.8, 4) is 11.4 Å². The summed E-state index contributed by atoms with van der Waals surface area (Å²) in [5.41, 5.74) is 6.42. The maximum absolute atomic E-state index is 4.80. The number of aromatic nitrogens is 4. The Morgan fingerprint density at radius 3 is 1.75 bits per heavy atom. The molecule has 0 unspecified atom stereocenters. The standard InChI is InChI=1S/C28H18N4/c1-3-9-19(10-4-1)31-24-16-15-21-22-13-7-17-29-27(22)32(20-11-5-2-6-12-20)26(21)25(24)23-14-8-18-30-28(23)31/h1-18H. The summed E-state index contributed by atoms with van der Waals surface area (Å²) in [6.07, 6.45) is 3.73. The molecule has 0 radical (unpaired) electrons. The molecule has 4 heterocycles. The molecule has 0 aliphatic rings. The zero-order valence-electron chi connectivity index (χ0n) is 17.2. The molecule has 0 N–H and O–H groups in total. The van der Waals surface area contributed by atoms with Crippen molar-refractivity contribution in [2.45, 2.75) is 0 Å². The second-order valence-electron chi connectivity index (χ2n) is 7.95. The predicted octanol–water partition coefficient (Wildman–Crippen LogP) is 6.67. The fraction of sp³-hybridized carbons (Fsp3) is 0. The lowest BCUT2D eigenvalue weighted by molar-refractivity contribution is 1.13. The van der Waals surface area contributed by atoms with Gasteiger partial charge in [0.05, 0.1) is 11.0 Å². The Labute approximate surface area is 184 Å². The second kappa shape index (κ2) is 6.53. The first-order valence-corrected chi connectivity index (χ1v) is 10.7. The van der Waals surface area contributed by atoms with E-state index in [4.69, 9.17) is 9.97 Å². The summed E-state index contributed by atoms with van der Waals surface area (Å²) in [7, 11) is 0. The minimum Gasteiger partial charge on any atom is -0.294 e. The van der Waals surface area contributed by atoms with Crippen LogP contribution in [0.1, 0.15) is 0 Å². The van der Waals surface area contributed by atoms with Crippen molar-refractivity contribution in [3.63, 3.8) is 0 Å². The first-order chi connectivity index (χ1) is 15.9. The van der Waals surface area contributed by atoms with E-state index in [0.717, 1.165) is 44.5 Å². The highest BCUT2D eigenvalue weighted by Gasteiger charge is 2.21. The molecule has 32 heavy (non-hydrogen) atoms. The quantitative estimate of drug-likeness (QED) is 0.319. The third-order valence-corrected chi connectivity index (χ3v) is 6.21. The number of fused-ring (bicyclic) bond motifs is 7. The summed E-state index contributed by atoms with van der Waals surface area (Å²) in [5.74, 6) is 0. The highest BCUT2D eigenvalue weighted by atomic mass is 15.1. The first kappa shape index (κ1) is 17.3. The zero-order valence-corrected chi connectivity index (χ0v) is 17.2. The van der Waals surface area contributed by atoms with Crippen molar-refractivity contribution in [2.24, 2.45) is 0 Å². The van der Waals surface area contributed by atoms with Crippen molar-refractivity contribution >= 4 is 43.9 Å². The van der Waals surface area contributed by atoms with Crippen LogP contribution in [0.5, 0.6) is 0 Å². The van der Waals surface area contributed by atoms with E-state index >= 15 is 0 Å². The number of para-hydroxylation sites is 2. The summed E-state index contributed by atoms with van der Waals surface area (Å²) < 4.78 is 4.54. The van der Waals surface area contributed by atoms with Gasteiger partial charge in [-0.25, -0.2) is 9.97 Å². The van der Waals surface area contributed by atoms with E-state index in [1.54, 1.807) is 0 Å². The van der Waals surface area contributed by atoms with E-state index in [2.05, 4.69) is 81.9 Å². The number of benzene rings is 3. The van der Waals surface area contributed by atoms with E-state index in [1.165, 1.54) is 10.8 Å². The SMILES string of the molecule is c1ccc(-n2c3ccc4c5cccnc5n(-c5ccccc5)c4c3c3cccnc32)cc1. The van der Waals surface area contributed by atoms with Crippen molar-refractivity contribution in [2.75, 3.05) is 0 Å². The van der Waals surface area contributed by atoms with Gasteiger partial charge in [0.25, 0.3) is 0 Å². The third-order valence-electron chi connectivity index (χ3n) is 6.21. The number of hydrogen-bond acceptors (Lipinski definition) is 2. The van der Waals surface area contributed by atoms with Gasteiger partial charge < -0.3 is 0 Å². The van der Waals surface area contributed by atoms with Crippen LogP contribution in [0, 0.1) is 0 Å². The average Bonchev–Trinajstić information content (AvgIpc) is 3.38. The molecule has 0 atom stereocenters. The van der Waals surface area contributed by atoms with Crippen LogP contribution < -0.4 is 0 Å². The van der Waals surface area contributed by atoms with E-state index in [1.807, 2.05) is 36.7 Å². The van der Waals surface area contributed by atoms with Gasteiger partial charge in [-0.1, -0.05) is 36.4 Å². The highest BCUT2D eigenvalue weighted by molar-refractivity contribution is 6.25. The molecule has 0 spiro atoms. The average molecular weight is 410 g/mol. The molecule has 7 aromatic rings. The lowest BCUT2D eigenvalue weighted by Crippen LogP contribution is -1.96. The lowest BCUT2D eigenvalue weighted by atomic mass is 10.1. The maximum atomic E-state index is 4.80. The van der Waals surface area contributed by atoms with Gasteiger partial charge in [-0.15, -0.1) is 0 Å². The largest absolute Gasteiger partial charge is 0.294 e. The number of pyridine rings is 2.